The molecule has 0 radical (unpaired) electrons. The number of H-pyrrole nitrogens is 1. The van der Waals surface area contributed by atoms with Crippen LogP contribution in [-0.4, -0.2) is 55.1 Å². The van der Waals surface area contributed by atoms with Gasteiger partial charge in [-0.05, 0) is 44.1 Å². The van der Waals surface area contributed by atoms with Crippen LogP contribution < -0.4 is 5.56 Å². The lowest BCUT2D eigenvalue weighted by Gasteiger charge is -2.36. The van der Waals surface area contributed by atoms with Gasteiger partial charge in [0, 0.05) is 45.8 Å². The molecule has 1 atom stereocenters. The predicted octanol–water partition coefficient (Wildman–Crippen LogP) is 2.81. The number of piperidine rings is 1. The number of nitrogens with zero attached hydrogens (tertiary/aromatic N) is 5. The molecule has 2 aromatic heterocycles. The molecule has 1 saturated carbocycles. The zero-order valence-corrected chi connectivity index (χ0v) is 19.1. The number of rotatable bonds is 4. The number of fused-ring (bicyclic) bond motifs is 1. The first-order chi connectivity index (χ1) is 15.6. The second-order valence-corrected chi connectivity index (χ2v) is 9.75. The van der Waals surface area contributed by atoms with Crippen LogP contribution in [0.3, 0.4) is 0 Å². The van der Waals surface area contributed by atoms with Crippen LogP contribution in [-0.2, 0) is 20.0 Å². The molecule has 3 aliphatic rings. The van der Waals surface area contributed by atoms with Crippen molar-refractivity contribution in [3.63, 3.8) is 0 Å². The number of aromatic nitrogens is 4. The highest BCUT2D eigenvalue weighted by molar-refractivity contribution is 5.92. The molecule has 1 N–H and O–H groups in total. The van der Waals surface area contributed by atoms with Gasteiger partial charge in [0.2, 0.25) is 0 Å². The summed E-state index contributed by atoms with van der Waals surface area (Å²) in [5.74, 6) is 1.32. The second-order valence-electron chi connectivity index (χ2n) is 9.75. The van der Waals surface area contributed by atoms with Crippen LogP contribution in [0.5, 0.6) is 0 Å². The third-order valence-corrected chi connectivity index (χ3v) is 7.42. The summed E-state index contributed by atoms with van der Waals surface area (Å²) < 4.78 is 1.64. The van der Waals surface area contributed by atoms with Crippen molar-refractivity contribution in [1.29, 1.82) is 0 Å². The molecule has 2 aromatic rings. The van der Waals surface area contributed by atoms with Gasteiger partial charge in [-0.25, -0.2) is 4.98 Å². The normalized spacial score (nSPS) is 22.7. The first kappa shape index (κ1) is 21.4. The largest absolute Gasteiger partial charge is 0.327 e. The molecule has 8 heteroatoms. The highest BCUT2D eigenvalue weighted by Gasteiger charge is 2.33. The fraction of sp³-hybridized carbons (Fsp3) is 0.667. The molecule has 4 heterocycles. The van der Waals surface area contributed by atoms with Crippen LogP contribution in [0.1, 0.15) is 85.0 Å². The molecule has 172 valence electrons. The van der Waals surface area contributed by atoms with Crippen molar-refractivity contribution in [2.24, 2.45) is 13.0 Å². The Kier molecular flexibility index (Phi) is 6.13. The number of amides is 1. The Morgan fingerprint density at radius 2 is 1.94 bits per heavy atom. The Balaban J connectivity index is 1.35. The zero-order valence-electron chi connectivity index (χ0n) is 19.1. The molecule has 2 fully saturated rings. The summed E-state index contributed by atoms with van der Waals surface area (Å²) in [5, 5.41) is 4.29. The van der Waals surface area contributed by atoms with E-state index < -0.39 is 0 Å². The average Bonchev–Trinajstić information content (AvgIpc) is 3.26. The fourth-order valence-electron chi connectivity index (χ4n) is 5.68. The molecule has 32 heavy (non-hydrogen) atoms. The molecule has 5 rings (SSSR count). The molecule has 8 nitrogen and oxygen atoms in total. The van der Waals surface area contributed by atoms with Gasteiger partial charge in [-0.2, -0.15) is 5.10 Å². The van der Waals surface area contributed by atoms with Crippen LogP contribution in [0.25, 0.3) is 0 Å². The number of hydrogen-bond donors (Lipinski definition) is 1. The fourth-order valence-corrected chi connectivity index (χ4v) is 5.68. The van der Waals surface area contributed by atoms with E-state index in [0.717, 1.165) is 55.9 Å². The summed E-state index contributed by atoms with van der Waals surface area (Å²) in [4.78, 5) is 38.4. The number of carbonyl (C=O) groups is 1. The van der Waals surface area contributed by atoms with E-state index in [1.54, 1.807) is 16.9 Å². The van der Waals surface area contributed by atoms with Gasteiger partial charge in [0.05, 0.1) is 17.3 Å². The van der Waals surface area contributed by atoms with Crippen molar-refractivity contribution in [1.82, 2.24) is 29.5 Å². The Bertz CT molecular complexity index is 1020. The van der Waals surface area contributed by atoms with Gasteiger partial charge in [0.15, 0.2) is 0 Å². The summed E-state index contributed by atoms with van der Waals surface area (Å²) in [6.45, 7) is 3.40. The summed E-state index contributed by atoms with van der Waals surface area (Å²) in [6.07, 6.45) is 12.1. The van der Waals surface area contributed by atoms with Crippen molar-refractivity contribution in [3.05, 3.63) is 45.4 Å². The van der Waals surface area contributed by atoms with Crippen molar-refractivity contribution < 1.29 is 4.79 Å². The van der Waals surface area contributed by atoms with E-state index in [0.29, 0.717) is 24.6 Å². The summed E-state index contributed by atoms with van der Waals surface area (Å²) in [5.41, 5.74) is 2.14. The van der Waals surface area contributed by atoms with Crippen LogP contribution in [0, 0.1) is 5.92 Å². The van der Waals surface area contributed by atoms with Crippen molar-refractivity contribution in [2.75, 3.05) is 19.6 Å². The number of carbonyl (C=O) groups excluding carboxylic acids is 1. The van der Waals surface area contributed by atoms with Crippen LogP contribution in [0.2, 0.25) is 0 Å². The molecule has 1 amide bonds. The van der Waals surface area contributed by atoms with Gasteiger partial charge in [-0.1, -0.05) is 19.3 Å². The van der Waals surface area contributed by atoms with E-state index in [-0.39, 0.29) is 17.5 Å². The summed E-state index contributed by atoms with van der Waals surface area (Å²) in [6, 6.07) is 1.55. The van der Waals surface area contributed by atoms with Crippen LogP contribution >= 0.6 is 0 Å². The van der Waals surface area contributed by atoms with E-state index in [1.165, 1.54) is 32.1 Å². The molecule has 1 aliphatic carbocycles. The molecule has 0 spiro atoms. The molecular weight excluding hydrogens is 404 g/mol. The molecule has 0 bridgehead atoms. The predicted molar refractivity (Wildman–Crippen MR) is 121 cm³/mol. The lowest BCUT2D eigenvalue weighted by atomic mass is 9.88. The zero-order chi connectivity index (χ0) is 22.1. The lowest BCUT2D eigenvalue weighted by molar-refractivity contribution is 0.0591. The van der Waals surface area contributed by atoms with E-state index >= 15 is 0 Å². The molecule has 0 aromatic carbocycles. The Morgan fingerprint density at radius 1 is 1.12 bits per heavy atom. The topological polar surface area (TPSA) is 87.1 Å². The van der Waals surface area contributed by atoms with Gasteiger partial charge in [0.25, 0.3) is 11.5 Å². The molecule has 1 saturated heterocycles. The van der Waals surface area contributed by atoms with Gasteiger partial charge >= 0.3 is 0 Å². The minimum atomic E-state index is -0.198. The van der Waals surface area contributed by atoms with Gasteiger partial charge in [0.1, 0.15) is 11.5 Å². The smallest absolute Gasteiger partial charge is 0.274 e. The standard InChI is InChI=1S/C24H34N6O2/c1-28-13-10-20(27-28)24(32)30-12-6-5-9-21(30)22-25-19-11-14-29(16-18(19)23(31)26-22)15-17-7-3-2-4-8-17/h10,13,17,21H,2-9,11-12,14-16H2,1H3,(H,25,26,31)/t21-/m0/s1. The molecule has 0 unspecified atom stereocenters. The lowest BCUT2D eigenvalue weighted by Crippen LogP contribution is -2.42. The van der Waals surface area contributed by atoms with Gasteiger partial charge in [-0.3, -0.25) is 19.2 Å². The third-order valence-electron chi connectivity index (χ3n) is 7.42. The minimum Gasteiger partial charge on any atom is -0.327 e. The highest BCUT2D eigenvalue weighted by atomic mass is 16.2. The number of aryl methyl sites for hydroxylation is 1. The first-order valence-corrected chi connectivity index (χ1v) is 12.2. The maximum atomic E-state index is 13.1. The monoisotopic (exact) mass is 438 g/mol. The van der Waals surface area contributed by atoms with Crippen molar-refractivity contribution in [2.45, 2.75) is 70.4 Å². The van der Waals surface area contributed by atoms with Gasteiger partial charge < -0.3 is 9.88 Å². The number of hydrogen-bond acceptors (Lipinski definition) is 5. The highest BCUT2D eigenvalue weighted by Crippen LogP contribution is 2.31. The number of aromatic amines is 1. The van der Waals surface area contributed by atoms with E-state index in [1.807, 2.05) is 11.9 Å². The van der Waals surface area contributed by atoms with Crippen molar-refractivity contribution in [3.8, 4) is 0 Å². The van der Waals surface area contributed by atoms with Crippen molar-refractivity contribution >= 4 is 5.91 Å². The maximum absolute atomic E-state index is 13.1. The quantitative estimate of drug-likeness (QED) is 0.793. The SMILES string of the molecule is Cn1ccc(C(=O)N2CCCC[C@H]2c2nc3c(c(=O)[nH]2)CN(CC2CCCCC2)CC3)n1. The Hall–Kier alpha value is -2.48. The summed E-state index contributed by atoms with van der Waals surface area (Å²) >= 11 is 0. The number of likely N-dealkylation sites (tertiary alicyclic amines) is 1. The Morgan fingerprint density at radius 3 is 2.72 bits per heavy atom. The maximum Gasteiger partial charge on any atom is 0.274 e. The molecule has 2 aliphatic heterocycles. The number of nitrogens with one attached hydrogen (secondary N) is 1. The average molecular weight is 439 g/mol. The second kappa shape index (κ2) is 9.17. The van der Waals surface area contributed by atoms with E-state index in [9.17, 15) is 9.59 Å². The third kappa shape index (κ3) is 4.37. The van der Waals surface area contributed by atoms with E-state index in [4.69, 9.17) is 4.98 Å². The van der Waals surface area contributed by atoms with Gasteiger partial charge in [-0.15, -0.1) is 0 Å². The summed E-state index contributed by atoms with van der Waals surface area (Å²) in [7, 11) is 1.81. The Labute approximate surface area is 189 Å². The van der Waals surface area contributed by atoms with E-state index in [2.05, 4.69) is 15.0 Å². The minimum absolute atomic E-state index is 0.0332. The first-order valence-electron chi connectivity index (χ1n) is 12.2. The molecular formula is C24H34N6O2. The van der Waals surface area contributed by atoms with Crippen LogP contribution in [0.15, 0.2) is 17.1 Å². The van der Waals surface area contributed by atoms with Crippen LogP contribution in [0.4, 0.5) is 0 Å².